The molecular formula is C12H12ClNO. The third-order valence-electron chi connectivity index (χ3n) is 2.52. The number of benzene rings is 1. The molecule has 2 rings (SSSR count). The highest BCUT2D eigenvalue weighted by atomic mass is 35.5. The number of nitrogens with one attached hydrogen (secondary N) is 1. The van der Waals surface area contributed by atoms with E-state index >= 15 is 0 Å². The first-order valence-corrected chi connectivity index (χ1v) is 5.28. The van der Waals surface area contributed by atoms with Gasteiger partial charge in [0.25, 0.3) is 5.56 Å². The van der Waals surface area contributed by atoms with Gasteiger partial charge < -0.3 is 4.98 Å². The minimum absolute atomic E-state index is 0.0638. The van der Waals surface area contributed by atoms with Crippen molar-refractivity contribution in [3.8, 4) is 0 Å². The molecule has 0 aliphatic rings. The van der Waals surface area contributed by atoms with Crippen LogP contribution in [0.1, 0.15) is 25.3 Å². The molecule has 2 aromatic rings. The van der Waals surface area contributed by atoms with Gasteiger partial charge in [0.2, 0.25) is 0 Å². The molecule has 1 N–H and O–H groups in total. The fraction of sp³-hybridized carbons (Fsp3) is 0.250. The fourth-order valence-corrected chi connectivity index (χ4v) is 1.90. The minimum atomic E-state index is -0.0638. The maximum atomic E-state index is 11.6. The topological polar surface area (TPSA) is 32.9 Å². The van der Waals surface area contributed by atoms with Crippen molar-refractivity contribution >= 4 is 22.4 Å². The molecule has 2 nitrogen and oxygen atoms in total. The molecule has 0 atom stereocenters. The Labute approximate surface area is 92.9 Å². The molecule has 3 heteroatoms. The Morgan fingerprint density at radius 2 is 2.00 bits per heavy atom. The van der Waals surface area contributed by atoms with Gasteiger partial charge in [0.15, 0.2) is 0 Å². The lowest BCUT2D eigenvalue weighted by atomic mass is 9.99. The second kappa shape index (κ2) is 3.70. The summed E-state index contributed by atoms with van der Waals surface area (Å²) in [6.45, 7) is 4.18. The van der Waals surface area contributed by atoms with Crippen LogP contribution in [0.3, 0.4) is 0 Å². The van der Waals surface area contributed by atoms with Crippen LogP contribution in [-0.4, -0.2) is 4.98 Å². The minimum Gasteiger partial charge on any atom is -0.328 e. The van der Waals surface area contributed by atoms with E-state index in [0.717, 1.165) is 10.9 Å². The normalized spacial score (nSPS) is 11.2. The molecule has 1 aromatic carbocycles. The zero-order valence-corrected chi connectivity index (χ0v) is 9.43. The second-order valence-corrected chi connectivity index (χ2v) is 4.35. The van der Waals surface area contributed by atoms with Gasteiger partial charge in [-0.25, -0.2) is 0 Å². The molecule has 0 saturated heterocycles. The highest BCUT2D eigenvalue weighted by Gasteiger charge is 2.07. The van der Waals surface area contributed by atoms with Gasteiger partial charge in [-0.05, 0) is 35.1 Å². The Morgan fingerprint density at radius 3 is 2.67 bits per heavy atom. The lowest BCUT2D eigenvalue weighted by Gasteiger charge is -2.09. The molecule has 15 heavy (non-hydrogen) atoms. The largest absolute Gasteiger partial charge is 0.328 e. The molecule has 0 spiro atoms. The smallest absolute Gasteiger partial charge is 0.255 e. The van der Waals surface area contributed by atoms with Crippen LogP contribution in [0.25, 0.3) is 10.8 Å². The highest BCUT2D eigenvalue weighted by molar-refractivity contribution is 6.31. The summed E-state index contributed by atoms with van der Waals surface area (Å²) in [5, 5.41) is 2.31. The van der Waals surface area contributed by atoms with Gasteiger partial charge in [0.1, 0.15) is 0 Å². The maximum absolute atomic E-state index is 11.6. The molecule has 0 saturated carbocycles. The van der Waals surface area contributed by atoms with Crippen LogP contribution in [0, 0.1) is 0 Å². The van der Waals surface area contributed by atoms with E-state index in [1.165, 1.54) is 0 Å². The molecule has 0 fully saturated rings. The summed E-state index contributed by atoms with van der Waals surface area (Å²) in [6.07, 6.45) is 1.77. The van der Waals surface area contributed by atoms with E-state index in [1.54, 1.807) is 18.3 Å². The zero-order chi connectivity index (χ0) is 11.0. The van der Waals surface area contributed by atoms with Crippen molar-refractivity contribution in [2.24, 2.45) is 0 Å². The van der Waals surface area contributed by atoms with Crippen LogP contribution in [0.15, 0.2) is 29.2 Å². The van der Waals surface area contributed by atoms with Gasteiger partial charge in [-0.2, -0.15) is 0 Å². The number of fused-ring (bicyclic) bond motifs is 1. The summed E-state index contributed by atoms with van der Waals surface area (Å²) in [6, 6.07) is 5.35. The quantitative estimate of drug-likeness (QED) is 0.788. The number of hydrogen-bond acceptors (Lipinski definition) is 1. The van der Waals surface area contributed by atoms with Crippen LogP contribution >= 0.6 is 11.6 Å². The predicted octanol–water partition coefficient (Wildman–Crippen LogP) is 3.30. The molecule has 0 amide bonds. The van der Waals surface area contributed by atoms with Gasteiger partial charge in [-0.3, -0.25) is 4.79 Å². The van der Waals surface area contributed by atoms with Crippen LogP contribution in [0.4, 0.5) is 0 Å². The van der Waals surface area contributed by atoms with Crippen LogP contribution in [0.5, 0.6) is 0 Å². The van der Waals surface area contributed by atoms with Crippen LogP contribution in [0.2, 0.25) is 5.02 Å². The lowest BCUT2D eigenvalue weighted by Crippen LogP contribution is -2.07. The van der Waals surface area contributed by atoms with Crippen molar-refractivity contribution in [3.63, 3.8) is 0 Å². The number of aromatic amines is 1. The molecule has 0 aliphatic heterocycles. The number of pyridine rings is 1. The standard InChI is InChI=1S/C12H12ClNO/c1-7(2)11-6-14-12(15)9-4-3-8(13)5-10(9)11/h3-7H,1-2H3,(H,14,15). The molecule has 0 aliphatic carbocycles. The van der Waals surface area contributed by atoms with Crippen molar-refractivity contribution in [1.82, 2.24) is 4.98 Å². The summed E-state index contributed by atoms with van der Waals surface area (Å²) >= 11 is 5.94. The highest BCUT2D eigenvalue weighted by Crippen LogP contribution is 2.24. The fourth-order valence-electron chi connectivity index (χ4n) is 1.73. The van der Waals surface area contributed by atoms with E-state index < -0.39 is 0 Å². The summed E-state index contributed by atoms with van der Waals surface area (Å²) in [7, 11) is 0. The monoisotopic (exact) mass is 221 g/mol. The van der Waals surface area contributed by atoms with Crippen LogP contribution in [-0.2, 0) is 0 Å². The number of aromatic nitrogens is 1. The Kier molecular flexibility index (Phi) is 2.53. The molecule has 0 bridgehead atoms. The molecule has 0 unspecified atom stereocenters. The molecule has 78 valence electrons. The zero-order valence-electron chi connectivity index (χ0n) is 8.67. The van der Waals surface area contributed by atoms with E-state index in [0.29, 0.717) is 16.3 Å². The number of rotatable bonds is 1. The Morgan fingerprint density at radius 1 is 1.27 bits per heavy atom. The van der Waals surface area contributed by atoms with Crippen molar-refractivity contribution in [2.75, 3.05) is 0 Å². The van der Waals surface area contributed by atoms with Gasteiger partial charge >= 0.3 is 0 Å². The second-order valence-electron chi connectivity index (χ2n) is 3.92. The summed E-state index contributed by atoms with van der Waals surface area (Å²) in [4.78, 5) is 14.3. The van der Waals surface area contributed by atoms with Crippen molar-refractivity contribution in [1.29, 1.82) is 0 Å². The van der Waals surface area contributed by atoms with Gasteiger partial charge in [-0.1, -0.05) is 25.4 Å². The van der Waals surface area contributed by atoms with Gasteiger partial charge in [0.05, 0.1) is 0 Å². The molecule has 1 aromatic heterocycles. The SMILES string of the molecule is CC(C)c1c[nH]c(=O)c2ccc(Cl)cc12. The first-order valence-electron chi connectivity index (χ1n) is 4.90. The van der Waals surface area contributed by atoms with E-state index in [1.807, 2.05) is 6.07 Å². The van der Waals surface area contributed by atoms with E-state index in [4.69, 9.17) is 11.6 Å². The van der Waals surface area contributed by atoms with Crippen molar-refractivity contribution in [2.45, 2.75) is 19.8 Å². The Balaban J connectivity index is 2.90. The van der Waals surface area contributed by atoms with Gasteiger partial charge in [-0.15, -0.1) is 0 Å². The van der Waals surface area contributed by atoms with E-state index in [2.05, 4.69) is 18.8 Å². The van der Waals surface area contributed by atoms with Gasteiger partial charge in [0, 0.05) is 16.6 Å². The third-order valence-corrected chi connectivity index (χ3v) is 2.75. The molecule has 0 radical (unpaired) electrons. The Bertz CT molecular complexity index is 557. The first kappa shape index (κ1) is 10.2. The van der Waals surface area contributed by atoms with Crippen molar-refractivity contribution in [3.05, 3.63) is 45.3 Å². The maximum Gasteiger partial charge on any atom is 0.255 e. The predicted molar refractivity (Wildman–Crippen MR) is 63.7 cm³/mol. The third kappa shape index (κ3) is 1.77. The van der Waals surface area contributed by atoms with E-state index in [9.17, 15) is 4.79 Å². The number of H-pyrrole nitrogens is 1. The molecular weight excluding hydrogens is 210 g/mol. The summed E-state index contributed by atoms with van der Waals surface area (Å²) < 4.78 is 0. The number of hydrogen-bond donors (Lipinski definition) is 1. The first-order chi connectivity index (χ1) is 7.09. The summed E-state index contributed by atoms with van der Waals surface area (Å²) in [5.74, 6) is 0.364. The van der Waals surface area contributed by atoms with E-state index in [-0.39, 0.29) is 5.56 Å². The van der Waals surface area contributed by atoms with Crippen LogP contribution < -0.4 is 5.56 Å². The molecule has 1 heterocycles. The lowest BCUT2D eigenvalue weighted by molar-refractivity contribution is 0.867. The summed E-state index contributed by atoms with van der Waals surface area (Å²) in [5.41, 5.74) is 1.05. The average molecular weight is 222 g/mol. The Hall–Kier alpha value is -1.28. The number of halogens is 1. The van der Waals surface area contributed by atoms with Crippen molar-refractivity contribution < 1.29 is 0 Å². The average Bonchev–Trinajstić information content (AvgIpc) is 2.17.